The Labute approximate surface area is 152 Å². The normalized spacial score (nSPS) is 16.3. The molecule has 1 atom stereocenters. The summed E-state index contributed by atoms with van der Waals surface area (Å²) >= 11 is 1.33. The quantitative estimate of drug-likeness (QED) is 0.690. The number of ether oxygens (including phenoxy) is 1. The maximum atomic E-state index is 14.5. The molecule has 3 aromatic rings. The van der Waals surface area contributed by atoms with Crippen molar-refractivity contribution < 1.29 is 13.5 Å². The lowest BCUT2D eigenvalue weighted by atomic mass is 9.88. The molecule has 4 nitrogen and oxygen atoms in total. The molecule has 2 aromatic heterocycles. The van der Waals surface area contributed by atoms with Crippen LogP contribution in [-0.2, 0) is 0 Å². The number of aromatic nitrogens is 1. The van der Waals surface area contributed by atoms with Gasteiger partial charge in [-0.25, -0.2) is 13.8 Å². The second-order valence-electron chi connectivity index (χ2n) is 6.15. The number of rotatable bonds is 1. The average molecular weight is 369 g/mol. The number of fused-ring (bicyclic) bond motifs is 3. The van der Waals surface area contributed by atoms with E-state index in [1.807, 2.05) is 26.0 Å². The molecule has 0 aliphatic carbocycles. The van der Waals surface area contributed by atoms with Gasteiger partial charge in [-0.3, -0.25) is 0 Å². The molecule has 1 aliphatic heterocycles. The van der Waals surface area contributed by atoms with Gasteiger partial charge in [0.05, 0.1) is 16.2 Å². The van der Waals surface area contributed by atoms with E-state index >= 15 is 0 Å². The van der Waals surface area contributed by atoms with E-state index in [-0.39, 0.29) is 17.0 Å². The van der Waals surface area contributed by atoms with Crippen LogP contribution in [0.3, 0.4) is 0 Å². The minimum absolute atomic E-state index is 0.0756. The first-order valence-electron chi connectivity index (χ1n) is 7.84. The molecule has 2 N–H and O–H groups in total. The standard InChI is InChI=1S/C19H13F2N3OS/c1-8-5-9(2)24-19-14(8)16-17(26-19)15(12(7-22)18(23)25-16)11-4-3-10(20)6-13(11)21/h3-6,15H,23H2,1-2H3/t15-/m1/s1. The number of allylic oxidation sites excluding steroid dienone is 1. The third-order valence-electron chi connectivity index (χ3n) is 4.39. The lowest BCUT2D eigenvalue weighted by Crippen LogP contribution is -2.20. The molecular weight excluding hydrogens is 356 g/mol. The predicted molar refractivity (Wildman–Crippen MR) is 94.7 cm³/mol. The van der Waals surface area contributed by atoms with Crippen LogP contribution in [0, 0.1) is 36.8 Å². The van der Waals surface area contributed by atoms with Crippen molar-refractivity contribution in [3.8, 4) is 11.8 Å². The highest BCUT2D eigenvalue weighted by Gasteiger charge is 2.36. The Morgan fingerprint density at radius 3 is 2.73 bits per heavy atom. The number of benzene rings is 1. The number of aryl methyl sites for hydroxylation is 2. The number of thiophene rings is 1. The molecule has 1 aromatic carbocycles. The molecule has 0 spiro atoms. The van der Waals surface area contributed by atoms with Crippen LogP contribution in [-0.4, -0.2) is 4.98 Å². The number of nitrogens with two attached hydrogens (primary N) is 1. The van der Waals surface area contributed by atoms with Gasteiger partial charge in [0.2, 0.25) is 5.88 Å². The monoisotopic (exact) mass is 369 g/mol. The first-order valence-corrected chi connectivity index (χ1v) is 8.65. The van der Waals surface area contributed by atoms with Crippen LogP contribution in [0.1, 0.15) is 27.6 Å². The number of hydrogen-bond donors (Lipinski definition) is 1. The van der Waals surface area contributed by atoms with E-state index in [4.69, 9.17) is 10.5 Å². The summed E-state index contributed by atoms with van der Waals surface area (Å²) in [5.41, 5.74) is 8.04. The Hall–Kier alpha value is -2.98. The predicted octanol–water partition coefficient (Wildman–Crippen LogP) is 4.41. The number of pyridine rings is 1. The van der Waals surface area contributed by atoms with E-state index in [2.05, 4.69) is 4.98 Å². The summed E-state index contributed by atoms with van der Waals surface area (Å²) in [4.78, 5) is 5.89. The smallest absolute Gasteiger partial charge is 0.205 e. The van der Waals surface area contributed by atoms with E-state index in [9.17, 15) is 14.0 Å². The van der Waals surface area contributed by atoms with Crippen LogP contribution in [0.15, 0.2) is 35.7 Å². The summed E-state index contributed by atoms with van der Waals surface area (Å²) in [6.07, 6.45) is 0. The summed E-state index contributed by atoms with van der Waals surface area (Å²) in [5, 5.41) is 10.4. The summed E-state index contributed by atoms with van der Waals surface area (Å²) in [5.74, 6) is -1.77. The highest BCUT2D eigenvalue weighted by atomic mass is 32.1. The summed E-state index contributed by atoms with van der Waals surface area (Å²) in [7, 11) is 0. The summed E-state index contributed by atoms with van der Waals surface area (Å²) in [6, 6.07) is 7.24. The Kier molecular flexibility index (Phi) is 3.67. The second-order valence-corrected chi connectivity index (χ2v) is 7.18. The maximum Gasteiger partial charge on any atom is 0.205 e. The number of nitriles is 1. The molecule has 7 heteroatoms. The highest BCUT2D eigenvalue weighted by Crippen LogP contribution is 2.51. The van der Waals surface area contributed by atoms with Gasteiger partial charge in [-0.05, 0) is 31.5 Å². The fraction of sp³-hybridized carbons (Fsp3) is 0.158. The molecule has 26 heavy (non-hydrogen) atoms. The molecule has 0 saturated carbocycles. The minimum Gasteiger partial charge on any atom is -0.439 e. The van der Waals surface area contributed by atoms with E-state index in [1.54, 1.807) is 0 Å². The van der Waals surface area contributed by atoms with Crippen LogP contribution in [0.4, 0.5) is 8.78 Å². The molecule has 1 aliphatic rings. The lowest BCUT2D eigenvalue weighted by Gasteiger charge is -2.24. The van der Waals surface area contributed by atoms with E-state index < -0.39 is 17.6 Å². The molecule has 0 radical (unpaired) electrons. The average Bonchev–Trinajstić information content (AvgIpc) is 2.92. The van der Waals surface area contributed by atoms with Crippen molar-refractivity contribution >= 4 is 21.6 Å². The zero-order chi connectivity index (χ0) is 18.6. The van der Waals surface area contributed by atoms with Gasteiger partial charge in [-0.2, -0.15) is 5.26 Å². The van der Waals surface area contributed by atoms with Crippen molar-refractivity contribution in [3.63, 3.8) is 0 Å². The Morgan fingerprint density at radius 2 is 2.04 bits per heavy atom. The van der Waals surface area contributed by atoms with E-state index in [1.165, 1.54) is 23.5 Å². The van der Waals surface area contributed by atoms with Gasteiger partial charge >= 0.3 is 0 Å². The van der Waals surface area contributed by atoms with Gasteiger partial charge in [-0.15, -0.1) is 11.3 Å². The Bertz CT molecular complexity index is 1140. The molecule has 130 valence electrons. The van der Waals surface area contributed by atoms with Gasteiger partial charge in [0.15, 0.2) is 5.75 Å². The minimum atomic E-state index is -0.761. The largest absolute Gasteiger partial charge is 0.439 e. The van der Waals surface area contributed by atoms with Crippen molar-refractivity contribution in [2.45, 2.75) is 19.8 Å². The highest BCUT2D eigenvalue weighted by molar-refractivity contribution is 7.19. The van der Waals surface area contributed by atoms with Crippen molar-refractivity contribution in [3.05, 3.63) is 69.1 Å². The van der Waals surface area contributed by atoms with Crippen LogP contribution < -0.4 is 10.5 Å². The second kappa shape index (κ2) is 5.78. The molecule has 4 rings (SSSR count). The third kappa shape index (κ3) is 2.34. The van der Waals surface area contributed by atoms with Gasteiger partial charge < -0.3 is 10.5 Å². The molecule has 0 amide bonds. The first kappa shape index (κ1) is 16.5. The lowest BCUT2D eigenvalue weighted by molar-refractivity contribution is 0.400. The van der Waals surface area contributed by atoms with Crippen LogP contribution in [0.2, 0.25) is 0 Å². The van der Waals surface area contributed by atoms with Crippen molar-refractivity contribution in [1.29, 1.82) is 5.26 Å². The fourth-order valence-corrected chi connectivity index (χ4v) is 4.66. The zero-order valence-electron chi connectivity index (χ0n) is 13.9. The van der Waals surface area contributed by atoms with Crippen LogP contribution in [0.25, 0.3) is 10.2 Å². The molecular formula is C19H13F2N3OS. The Balaban J connectivity index is 2.05. The first-order chi connectivity index (χ1) is 12.4. The van der Waals surface area contributed by atoms with Gasteiger partial charge in [0.25, 0.3) is 0 Å². The SMILES string of the molecule is Cc1cc(C)c2c3c(sc2n1)[C@H](c1ccc(F)cc1F)C(C#N)=C(N)O3. The third-order valence-corrected chi connectivity index (χ3v) is 5.52. The van der Waals surface area contributed by atoms with Crippen LogP contribution in [0.5, 0.6) is 5.75 Å². The van der Waals surface area contributed by atoms with Gasteiger partial charge in [0.1, 0.15) is 28.1 Å². The van der Waals surface area contributed by atoms with Crippen molar-refractivity contribution in [2.75, 3.05) is 0 Å². The number of hydrogen-bond acceptors (Lipinski definition) is 5. The summed E-state index contributed by atoms with van der Waals surface area (Å²) in [6.45, 7) is 3.82. The van der Waals surface area contributed by atoms with Crippen LogP contribution >= 0.6 is 11.3 Å². The number of nitrogens with zero attached hydrogens (tertiary/aromatic N) is 2. The fourth-order valence-electron chi connectivity index (χ4n) is 3.31. The van der Waals surface area contributed by atoms with E-state index in [0.717, 1.165) is 27.5 Å². The zero-order valence-corrected chi connectivity index (χ0v) is 14.7. The molecule has 0 bridgehead atoms. The molecule has 0 unspecified atom stereocenters. The molecule has 3 heterocycles. The van der Waals surface area contributed by atoms with Gasteiger partial charge in [-0.1, -0.05) is 6.07 Å². The van der Waals surface area contributed by atoms with Crippen molar-refractivity contribution in [1.82, 2.24) is 4.98 Å². The molecule has 0 fully saturated rings. The number of halogens is 2. The topological polar surface area (TPSA) is 71.9 Å². The van der Waals surface area contributed by atoms with Crippen molar-refractivity contribution in [2.24, 2.45) is 5.73 Å². The molecule has 0 saturated heterocycles. The van der Waals surface area contributed by atoms with E-state index in [0.29, 0.717) is 10.6 Å². The van der Waals surface area contributed by atoms with Gasteiger partial charge in [0, 0.05) is 17.3 Å². The maximum absolute atomic E-state index is 14.5. The summed E-state index contributed by atoms with van der Waals surface area (Å²) < 4.78 is 33.6. The Morgan fingerprint density at radius 1 is 1.27 bits per heavy atom.